The number of halogens is 1. The molecule has 1 aromatic carbocycles. The molecule has 0 saturated carbocycles. The largest absolute Gasteiger partial charge is 0.330 e. The van der Waals surface area contributed by atoms with Crippen LogP contribution >= 0.6 is 22.9 Å². The number of carbonyl (C=O) groups is 1. The van der Waals surface area contributed by atoms with Crippen molar-refractivity contribution in [3.05, 3.63) is 62.8 Å². The van der Waals surface area contributed by atoms with Crippen molar-refractivity contribution in [3.8, 4) is 0 Å². The highest BCUT2D eigenvalue weighted by Gasteiger charge is 2.34. The average Bonchev–Trinajstić information content (AvgIpc) is 3.16. The highest BCUT2D eigenvalue weighted by molar-refractivity contribution is 7.91. The van der Waals surface area contributed by atoms with Crippen LogP contribution in [0.3, 0.4) is 0 Å². The Labute approximate surface area is 163 Å². The monoisotopic (exact) mass is 409 g/mol. The third-order valence-corrected chi connectivity index (χ3v) is 7.51. The zero-order chi connectivity index (χ0) is 18.7. The van der Waals surface area contributed by atoms with Crippen molar-refractivity contribution >= 4 is 44.8 Å². The molecule has 4 nitrogen and oxygen atoms in total. The molecule has 1 aliphatic rings. The van der Waals surface area contributed by atoms with Crippen LogP contribution in [0.15, 0.2) is 41.8 Å². The van der Waals surface area contributed by atoms with Crippen molar-refractivity contribution < 1.29 is 13.2 Å². The molecule has 0 spiro atoms. The van der Waals surface area contributed by atoms with E-state index in [1.807, 2.05) is 30.5 Å². The van der Waals surface area contributed by atoms with E-state index >= 15 is 0 Å². The molecule has 0 radical (unpaired) electrons. The van der Waals surface area contributed by atoms with Crippen molar-refractivity contribution in [3.63, 3.8) is 0 Å². The Bertz CT molecular complexity index is 917. The quantitative estimate of drug-likeness (QED) is 0.703. The molecule has 1 aromatic heterocycles. The van der Waals surface area contributed by atoms with Crippen molar-refractivity contribution in [2.45, 2.75) is 25.9 Å². The second-order valence-electron chi connectivity index (χ2n) is 6.43. The van der Waals surface area contributed by atoms with Gasteiger partial charge in [-0.1, -0.05) is 23.7 Å². The van der Waals surface area contributed by atoms with Crippen molar-refractivity contribution in [1.29, 1.82) is 0 Å². The van der Waals surface area contributed by atoms with Gasteiger partial charge in [0.25, 0.3) is 0 Å². The minimum absolute atomic E-state index is 0.0396. The van der Waals surface area contributed by atoms with E-state index in [0.29, 0.717) is 18.0 Å². The highest BCUT2D eigenvalue weighted by atomic mass is 35.5. The lowest BCUT2D eigenvalue weighted by Crippen LogP contribution is -2.39. The van der Waals surface area contributed by atoms with Gasteiger partial charge in [0.05, 0.1) is 18.1 Å². The molecule has 7 heteroatoms. The molecule has 138 valence electrons. The maximum absolute atomic E-state index is 12.8. The fraction of sp³-hybridized carbons (Fsp3) is 0.316. The smallest absolute Gasteiger partial charge is 0.247 e. The van der Waals surface area contributed by atoms with Gasteiger partial charge in [-0.3, -0.25) is 4.79 Å². The maximum Gasteiger partial charge on any atom is 0.247 e. The maximum atomic E-state index is 12.8. The zero-order valence-corrected chi connectivity index (χ0v) is 16.8. The van der Waals surface area contributed by atoms with Gasteiger partial charge in [-0.25, -0.2) is 8.42 Å². The molecule has 2 heterocycles. The fourth-order valence-electron chi connectivity index (χ4n) is 2.97. The molecule has 26 heavy (non-hydrogen) atoms. The molecule has 1 saturated heterocycles. The van der Waals surface area contributed by atoms with E-state index < -0.39 is 9.84 Å². The van der Waals surface area contributed by atoms with E-state index in [0.717, 1.165) is 16.0 Å². The molecular formula is C19H20ClNO3S2. The Morgan fingerprint density at radius 3 is 2.62 bits per heavy atom. The Morgan fingerprint density at radius 2 is 2.04 bits per heavy atom. The van der Waals surface area contributed by atoms with Crippen LogP contribution < -0.4 is 0 Å². The first-order valence-corrected chi connectivity index (χ1v) is 11.4. The summed E-state index contributed by atoms with van der Waals surface area (Å²) in [5.41, 5.74) is 1.99. The van der Waals surface area contributed by atoms with Gasteiger partial charge < -0.3 is 4.90 Å². The van der Waals surface area contributed by atoms with Gasteiger partial charge in [-0.2, -0.15) is 0 Å². The zero-order valence-electron chi connectivity index (χ0n) is 14.4. The molecule has 3 rings (SSSR count). The normalized spacial score (nSPS) is 19.1. The number of benzene rings is 1. The molecule has 1 amide bonds. The van der Waals surface area contributed by atoms with Crippen LogP contribution in [0.25, 0.3) is 6.08 Å². The van der Waals surface area contributed by atoms with Crippen LogP contribution in [-0.4, -0.2) is 36.8 Å². The van der Waals surface area contributed by atoms with Crippen LogP contribution in [0.4, 0.5) is 0 Å². The molecule has 2 aromatic rings. The molecule has 1 unspecified atom stereocenters. The van der Waals surface area contributed by atoms with Crippen LogP contribution in [0, 0.1) is 6.92 Å². The van der Waals surface area contributed by atoms with Crippen LogP contribution in [0.1, 0.15) is 22.4 Å². The number of aryl methyl sites for hydroxylation is 1. The number of hydrogen-bond donors (Lipinski definition) is 0. The Balaban J connectivity index is 1.81. The summed E-state index contributed by atoms with van der Waals surface area (Å²) < 4.78 is 23.8. The Hall–Kier alpha value is -1.63. The Morgan fingerprint density at radius 1 is 1.31 bits per heavy atom. The summed E-state index contributed by atoms with van der Waals surface area (Å²) in [5.74, 6) is 0.0128. The van der Waals surface area contributed by atoms with Gasteiger partial charge in [0.2, 0.25) is 5.91 Å². The lowest BCUT2D eigenvalue weighted by molar-refractivity contribution is -0.128. The van der Waals surface area contributed by atoms with E-state index in [1.165, 1.54) is 6.08 Å². The molecule has 1 fully saturated rings. The third kappa shape index (κ3) is 4.75. The fourth-order valence-corrected chi connectivity index (χ4v) is 5.73. The Kier molecular flexibility index (Phi) is 5.85. The number of thiophene rings is 1. The van der Waals surface area contributed by atoms with Gasteiger partial charge in [0, 0.05) is 22.0 Å². The summed E-state index contributed by atoms with van der Waals surface area (Å²) in [4.78, 5) is 15.6. The van der Waals surface area contributed by atoms with Gasteiger partial charge in [0.1, 0.15) is 0 Å². The van der Waals surface area contributed by atoms with E-state index in [4.69, 9.17) is 11.6 Å². The molecular weight excluding hydrogens is 390 g/mol. The molecule has 0 aliphatic carbocycles. The number of nitrogens with zero attached hydrogens (tertiary/aromatic N) is 1. The summed E-state index contributed by atoms with van der Waals surface area (Å²) in [7, 11) is -3.06. The summed E-state index contributed by atoms with van der Waals surface area (Å²) in [6.07, 6.45) is 3.74. The summed E-state index contributed by atoms with van der Waals surface area (Å²) in [6.45, 7) is 2.44. The number of hydrogen-bond acceptors (Lipinski definition) is 4. The van der Waals surface area contributed by atoms with Crippen LogP contribution in [0.5, 0.6) is 0 Å². The second-order valence-corrected chi connectivity index (χ2v) is 10.1. The number of rotatable bonds is 5. The molecule has 0 bridgehead atoms. The van der Waals surface area contributed by atoms with E-state index in [2.05, 4.69) is 0 Å². The van der Waals surface area contributed by atoms with E-state index in [1.54, 1.807) is 34.4 Å². The first kappa shape index (κ1) is 19.1. The average molecular weight is 410 g/mol. The highest BCUT2D eigenvalue weighted by Crippen LogP contribution is 2.24. The van der Waals surface area contributed by atoms with Crippen molar-refractivity contribution in [2.75, 3.05) is 11.5 Å². The predicted molar refractivity (Wildman–Crippen MR) is 107 cm³/mol. The van der Waals surface area contributed by atoms with Crippen LogP contribution in [0.2, 0.25) is 5.02 Å². The lowest BCUT2D eigenvalue weighted by Gasteiger charge is -2.27. The van der Waals surface area contributed by atoms with Crippen LogP contribution in [-0.2, 0) is 21.2 Å². The van der Waals surface area contributed by atoms with Crippen molar-refractivity contribution in [1.82, 2.24) is 4.90 Å². The minimum atomic E-state index is -3.06. The first-order valence-electron chi connectivity index (χ1n) is 8.32. The van der Waals surface area contributed by atoms with Gasteiger partial charge >= 0.3 is 0 Å². The number of carbonyl (C=O) groups excluding carboxylic acids is 1. The molecule has 0 N–H and O–H groups in total. The van der Waals surface area contributed by atoms with E-state index in [9.17, 15) is 13.2 Å². The summed E-state index contributed by atoms with van der Waals surface area (Å²) in [5, 5.41) is 2.63. The topological polar surface area (TPSA) is 54.5 Å². The van der Waals surface area contributed by atoms with Crippen molar-refractivity contribution in [2.24, 2.45) is 0 Å². The standard InChI is InChI=1S/C19H20ClNO3S2/c1-14-8-10-25-18(14)12-21(17-9-11-26(23,24)13-17)19(22)7-4-15-2-5-16(20)6-3-15/h2-8,10,17H,9,11-13H2,1H3. The van der Waals surface area contributed by atoms with Gasteiger partial charge in [-0.05, 0) is 54.1 Å². The predicted octanol–water partition coefficient (Wildman–Crippen LogP) is 3.94. The number of sulfone groups is 1. The van der Waals surface area contributed by atoms with Gasteiger partial charge in [0.15, 0.2) is 9.84 Å². The lowest BCUT2D eigenvalue weighted by atomic mass is 10.1. The molecule has 1 atom stereocenters. The third-order valence-electron chi connectivity index (χ3n) is 4.50. The number of amides is 1. The van der Waals surface area contributed by atoms with E-state index in [-0.39, 0.29) is 23.5 Å². The first-order chi connectivity index (χ1) is 12.3. The second kappa shape index (κ2) is 7.94. The molecule has 1 aliphatic heterocycles. The summed E-state index contributed by atoms with van der Waals surface area (Å²) >= 11 is 7.46. The van der Waals surface area contributed by atoms with Gasteiger partial charge in [-0.15, -0.1) is 11.3 Å². The minimum Gasteiger partial charge on any atom is -0.330 e. The summed E-state index contributed by atoms with van der Waals surface area (Å²) in [6, 6.07) is 8.94. The SMILES string of the molecule is Cc1ccsc1CN(C(=O)C=Cc1ccc(Cl)cc1)C1CCS(=O)(=O)C1.